The molecule has 3 heteroatoms. The summed E-state index contributed by atoms with van der Waals surface area (Å²) >= 11 is 3.49. The molecule has 0 aliphatic heterocycles. The van der Waals surface area contributed by atoms with Crippen molar-refractivity contribution in [1.82, 2.24) is 5.32 Å². The smallest absolute Gasteiger partial charge is 0.133 e. The Hall–Kier alpha value is -0.980. The lowest BCUT2D eigenvalue weighted by Crippen LogP contribution is -2.13. The van der Waals surface area contributed by atoms with Crippen molar-refractivity contribution in [2.75, 3.05) is 6.54 Å². The van der Waals surface area contributed by atoms with Crippen molar-refractivity contribution in [2.24, 2.45) is 0 Å². The molecule has 1 aromatic carbocycles. The first-order valence-electron chi connectivity index (χ1n) is 5.22. The second-order valence-electron chi connectivity index (χ2n) is 3.74. The summed E-state index contributed by atoms with van der Waals surface area (Å²) in [4.78, 5) is 0. The average Bonchev–Trinajstić information content (AvgIpc) is 2.22. The molecule has 2 nitrogen and oxygen atoms in total. The summed E-state index contributed by atoms with van der Waals surface area (Å²) in [5.41, 5.74) is 1.18. The Kier molecular flexibility index (Phi) is 5.37. The van der Waals surface area contributed by atoms with E-state index in [4.69, 9.17) is 11.2 Å². The van der Waals surface area contributed by atoms with E-state index < -0.39 is 0 Å². The van der Waals surface area contributed by atoms with Gasteiger partial charge < -0.3 is 10.1 Å². The predicted octanol–water partition coefficient (Wildman–Crippen LogP) is 2.96. The highest BCUT2D eigenvalue weighted by Crippen LogP contribution is 2.26. The average molecular weight is 282 g/mol. The molecule has 0 aliphatic rings. The number of hydrogen-bond donors (Lipinski definition) is 1. The van der Waals surface area contributed by atoms with Crippen LogP contribution in [-0.2, 0) is 6.54 Å². The van der Waals surface area contributed by atoms with Crippen molar-refractivity contribution in [3.8, 4) is 18.1 Å². The Morgan fingerprint density at radius 3 is 2.81 bits per heavy atom. The van der Waals surface area contributed by atoms with Crippen molar-refractivity contribution >= 4 is 15.9 Å². The molecule has 0 heterocycles. The van der Waals surface area contributed by atoms with Gasteiger partial charge in [0.15, 0.2) is 0 Å². The standard InChI is InChI=1S/C13H16BrNO/c1-4-7-15-9-11-5-6-13(12(14)8-11)16-10(2)3/h1,5-6,8,10,15H,7,9H2,2-3H3. The zero-order chi connectivity index (χ0) is 12.0. The van der Waals surface area contributed by atoms with Crippen LogP contribution in [-0.4, -0.2) is 12.6 Å². The van der Waals surface area contributed by atoms with E-state index in [-0.39, 0.29) is 6.10 Å². The lowest BCUT2D eigenvalue weighted by atomic mass is 10.2. The van der Waals surface area contributed by atoms with Crippen LogP contribution in [0.3, 0.4) is 0 Å². The number of halogens is 1. The molecule has 1 N–H and O–H groups in total. The van der Waals surface area contributed by atoms with E-state index in [0.717, 1.165) is 16.8 Å². The molecule has 0 aromatic heterocycles. The van der Waals surface area contributed by atoms with Gasteiger partial charge in [0.1, 0.15) is 5.75 Å². The first-order valence-corrected chi connectivity index (χ1v) is 6.02. The van der Waals surface area contributed by atoms with Crippen LogP contribution in [0.25, 0.3) is 0 Å². The number of hydrogen-bond acceptors (Lipinski definition) is 2. The van der Waals surface area contributed by atoms with Gasteiger partial charge in [-0.1, -0.05) is 12.0 Å². The third-order valence-corrected chi connectivity index (χ3v) is 2.53. The van der Waals surface area contributed by atoms with Gasteiger partial charge in [-0.3, -0.25) is 0 Å². The van der Waals surface area contributed by atoms with Crippen LogP contribution in [0.5, 0.6) is 5.75 Å². The van der Waals surface area contributed by atoms with Gasteiger partial charge in [-0.25, -0.2) is 0 Å². The van der Waals surface area contributed by atoms with E-state index in [0.29, 0.717) is 6.54 Å². The third kappa shape index (κ3) is 4.26. The van der Waals surface area contributed by atoms with Gasteiger partial charge in [0, 0.05) is 6.54 Å². The summed E-state index contributed by atoms with van der Waals surface area (Å²) in [6, 6.07) is 6.05. The lowest BCUT2D eigenvalue weighted by Gasteiger charge is -2.12. The molecule has 0 aliphatic carbocycles. The Balaban J connectivity index is 2.64. The second kappa shape index (κ2) is 6.57. The van der Waals surface area contributed by atoms with Crippen molar-refractivity contribution in [3.05, 3.63) is 28.2 Å². The summed E-state index contributed by atoms with van der Waals surface area (Å²) in [6.07, 6.45) is 5.34. The summed E-state index contributed by atoms with van der Waals surface area (Å²) in [5, 5.41) is 3.14. The highest BCUT2D eigenvalue weighted by molar-refractivity contribution is 9.10. The quantitative estimate of drug-likeness (QED) is 0.662. The second-order valence-corrected chi connectivity index (χ2v) is 4.59. The Morgan fingerprint density at radius 1 is 1.50 bits per heavy atom. The summed E-state index contributed by atoms with van der Waals surface area (Å²) in [6.45, 7) is 5.37. The number of nitrogens with one attached hydrogen (secondary N) is 1. The molecule has 0 spiro atoms. The van der Waals surface area contributed by atoms with Crippen molar-refractivity contribution in [1.29, 1.82) is 0 Å². The molecule has 0 radical (unpaired) electrons. The van der Waals surface area contributed by atoms with Gasteiger partial charge in [-0.05, 0) is 47.5 Å². The number of rotatable bonds is 5. The molecule has 0 unspecified atom stereocenters. The van der Waals surface area contributed by atoms with Gasteiger partial charge in [0.2, 0.25) is 0 Å². The van der Waals surface area contributed by atoms with Gasteiger partial charge in [0.25, 0.3) is 0 Å². The van der Waals surface area contributed by atoms with E-state index >= 15 is 0 Å². The highest BCUT2D eigenvalue weighted by atomic mass is 79.9. The maximum absolute atomic E-state index is 5.63. The van der Waals surface area contributed by atoms with Crippen LogP contribution in [0.4, 0.5) is 0 Å². The normalized spacial score (nSPS) is 10.2. The van der Waals surface area contributed by atoms with Crippen LogP contribution >= 0.6 is 15.9 Å². The van der Waals surface area contributed by atoms with Crippen molar-refractivity contribution in [2.45, 2.75) is 26.5 Å². The Bertz CT molecular complexity index is 382. The molecule has 0 fully saturated rings. The topological polar surface area (TPSA) is 21.3 Å². The minimum absolute atomic E-state index is 0.182. The van der Waals surface area contributed by atoms with Crippen LogP contribution in [0.1, 0.15) is 19.4 Å². The molecule has 1 aromatic rings. The minimum Gasteiger partial charge on any atom is -0.490 e. The molecule has 1 rings (SSSR count). The SMILES string of the molecule is C#CCNCc1ccc(OC(C)C)c(Br)c1. The third-order valence-electron chi connectivity index (χ3n) is 1.92. The predicted molar refractivity (Wildman–Crippen MR) is 70.4 cm³/mol. The number of terminal acetylenes is 1. The first kappa shape index (κ1) is 13.1. The Morgan fingerprint density at radius 2 is 2.25 bits per heavy atom. The molecule has 0 bridgehead atoms. The van der Waals surface area contributed by atoms with Gasteiger partial charge >= 0.3 is 0 Å². The maximum atomic E-state index is 5.63. The molecular weight excluding hydrogens is 266 g/mol. The van der Waals surface area contributed by atoms with Gasteiger partial charge in [0.05, 0.1) is 17.1 Å². The summed E-state index contributed by atoms with van der Waals surface area (Å²) in [5.74, 6) is 3.41. The lowest BCUT2D eigenvalue weighted by molar-refractivity contribution is 0.241. The fraction of sp³-hybridized carbons (Fsp3) is 0.385. The molecule has 0 atom stereocenters. The molecule has 86 valence electrons. The van der Waals surface area contributed by atoms with E-state index in [9.17, 15) is 0 Å². The zero-order valence-corrected chi connectivity index (χ0v) is 11.2. The zero-order valence-electron chi connectivity index (χ0n) is 9.59. The molecule has 0 saturated heterocycles. The fourth-order valence-corrected chi connectivity index (χ4v) is 1.80. The fourth-order valence-electron chi connectivity index (χ4n) is 1.28. The highest BCUT2D eigenvalue weighted by Gasteiger charge is 2.04. The van der Waals surface area contributed by atoms with Crippen molar-refractivity contribution in [3.63, 3.8) is 0 Å². The van der Waals surface area contributed by atoms with E-state index in [1.807, 2.05) is 32.0 Å². The molecule has 0 saturated carbocycles. The molecular formula is C13H16BrNO. The van der Waals surface area contributed by atoms with E-state index in [1.54, 1.807) is 0 Å². The van der Waals surface area contributed by atoms with Crippen molar-refractivity contribution < 1.29 is 4.74 Å². The number of benzene rings is 1. The molecule has 0 amide bonds. The van der Waals surface area contributed by atoms with Gasteiger partial charge in [-0.2, -0.15) is 0 Å². The first-order chi connectivity index (χ1) is 7.63. The van der Waals surface area contributed by atoms with E-state index in [2.05, 4.69) is 27.2 Å². The summed E-state index contributed by atoms with van der Waals surface area (Å²) in [7, 11) is 0. The van der Waals surface area contributed by atoms with E-state index in [1.165, 1.54) is 5.56 Å². The summed E-state index contributed by atoms with van der Waals surface area (Å²) < 4.78 is 6.60. The number of ether oxygens (including phenoxy) is 1. The maximum Gasteiger partial charge on any atom is 0.133 e. The van der Waals surface area contributed by atoms with Crippen LogP contribution in [0.2, 0.25) is 0 Å². The largest absolute Gasteiger partial charge is 0.490 e. The molecule has 16 heavy (non-hydrogen) atoms. The Labute approximate surface area is 106 Å². The van der Waals surface area contributed by atoms with Crippen LogP contribution < -0.4 is 10.1 Å². The monoisotopic (exact) mass is 281 g/mol. The van der Waals surface area contributed by atoms with Gasteiger partial charge in [-0.15, -0.1) is 6.42 Å². The minimum atomic E-state index is 0.182. The van der Waals surface area contributed by atoms with Crippen LogP contribution in [0.15, 0.2) is 22.7 Å². The van der Waals surface area contributed by atoms with Crippen LogP contribution in [0, 0.1) is 12.3 Å².